The number of urea groups is 1. The number of thiophene rings is 1. The molecule has 0 saturated carbocycles. The molecule has 1 aromatic carbocycles. The molecular formula is C14H16N2OS. The number of carbonyl (C=O) groups excluding carboxylic acids is 1. The molecule has 0 aliphatic heterocycles. The molecule has 0 unspecified atom stereocenters. The predicted octanol–water partition coefficient (Wildman–Crippen LogP) is 3.06. The normalized spacial score (nSPS) is 10.1. The summed E-state index contributed by atoms with van der Waals surface area (Å²) in [7, 11) is 0. The van der Waals surface area contributed by atoms with Crippen molar-refractivity contribution in [1.29, 1.82) is 0 Å². The largest absolute Gasteiger partial charge is 0.334 e. The van der Waals surface area contributed by atoms with Crippen LogP contribution in [-0.2, 0) is 13.1 Å². The zero-order chi connectivity index (χ0) is 12.8. The number of hydrogen-bond acceptors (Lipinski definition) is 2. The summed E-state index contributed by atoms with van der Waals surface area (Å²) in [6.45, 7) is 3.18. The van der Waals surface area contributed by atoms with Crippen molar-refractivity contribution in [2.75, 3.05) is 0 Å². The molecule has 0 radical (unpaired) electrons. The predicted molar refractivity (Wildman–Crippen MR) is 74.6 cm³/mol. The molecule has 0 fully saturated rings. The van der Waals surface area contributed by atoms with Crippen LogP contribution in [0.15, 0.2) is 41.8 Å². The summed E-state index contributed by atoms with van der Waals surface area (Å²) in [5.41, 5.74) is 2.33. The smallest absolute Gasteiger partial charge is 0.315 e. The summed E-state index contributed by atoms with van der Waals surface area (Å²) in [6, 6.07) is 11.9. The first kappa shape index (κ1) is 12.6. The molecule has 1 aromatic heterocycles. The number of hydrogen-bond donors (Lipinski definition) is 2. The van der Waals surface area contributed by atoms with Crippen LogP contribution < -0.4 is 10.6 Å². The van der Waals surface area contributed by atoms with Gasteiger partial charge in [-0.2, -0.15) is 0 Å². The number of carbonyl (C=O) groups is 1. The van der Waals surface area contributed by atoms with Gasteiger partial charge >= 0.3 is 6.03 Å². The fourth-order valence-corrected chi connectivity index (χ4v) is 2.27. The molecule has 2 N–H and O–H groups in total. The first-order chi connectivity index (χ1) is 8.75. The summed E-state index contributed by atoms with van der Waals surface area (Å²) in [6.07, 6.45) is 0. The van der Waals surface area contributed by atoms with Crippen molar-refractivity contribution in [2.24, 2.45) is 0 Å². The zero-order valence-corrected chi connectivity index (χ0v) is 11.1. The third kappa shape index (κ3) is 3.60. The molecule has 0 aliphatic carbocycles. The highest BCUT2D eigenvalue weighted by Crippen LogP contribution is 2.08. The van der Waals surface area contributed by atoms with Gasteiger partial charge in [-0.25, -0.2) is 4.79 Å². The van der Waals surface area contributed by atoms with Crippen LogP contribution in [0.25, 0.3) is 0 Å². The second-order valence-corrected chi connectivity index (χ2v) is 5.07. The number of aryl methyl sites for hydroxylation is 1. The van der Waals surface area contributed by atoms with E-state index in [-0.39, 0.29) is 6.03 Å². The van der Waals surface area contributed by atoms with E-state index < -0.39 is 0 Å². The van der Waals surface area contributed by atoms with Crippen molar-refractivity contribution < 1.29 is 4.79 Å². The monoisotopic (exact) mass is 260 g/mol. The van der Waals surface area contributed by atoms with E-state index in [1.807, 2.05) is 48.7 Å². The SMILES string of the molecule is Cc1ccccc1CNC(=O)NCc1cccs1. The van der Waals surface area contributed by atoms with Crippen molar-refractivity contribution in [3.63, 3.8) is 0 Å². The lowest BCUT2D eigenvalue weighted by atomic mass is 10.1. The van der Waals surface area contributed by atoms with Crippen LogP contribution >= 0.6 is 11.3 Å². The van der Waals surface area contributed by atoms with Crippen molar-refractivity contribution in [1.82, 2.24) is 10.6 Å². The van der Waals surface area contributed by atoms with Crippen molar-refractivity contribution in [3.8, 4) is 0 Å². The standard InChI is InChI=1S/C14H16N2OS/c1-11-5-2-3-6-12(11)9-15-14(17)16-10-13-7-4-8-18-13/h2-8H,9-10H2,1H3,(H2,15,16,17). The molecule has 0 saturated heterocycles. The first-order valence-electron chi connectivity index (χ1n) is 5.84. The Morgan fingerprint density at radius 2 is 1.89 bits per heavy atom. The second kappa shape index (κ2) is 6.21. The Morgan fingerprint density at radius 3 is 2.61 bits per heavy atom. The molecule has 18 heavy (non-hydrogen) atoms. The number of nitrogens with one attached hydrogen (secondary N) is 2. The second-order valence-electron chi connectivity index (χ2n) is 4.04. The van der Waals surface area contributed by atoms with E-state index in [4.69, 9.17) is 0 Å². The number of amides is 2. The molecule has 4 heteroatoms. The van der Waals surface area contributed by atoms with Crippen molar-refractivity contribution in [3.05, 3.63) is 57.8 Å². The van der Waals surface area contributed by atoms with E-state index in [1.54, 1.807) is 11.3 Å². The van der Waals surface area contributed by atoms with Crippen LogP contribution in [0.2, 0.25) is 0 Å². The Bertz CT molecular complexity index is 508. The fraction of sp³-hybridized carbons (Fsp3) is 0.214. The molecule has 94 valence electrons. The Kier molecular flexibility index (Phi) is 4.36. The maximum absolute atomic E-state index is 11.6. The van der Waals surface area contributed by atoms with Crippen LogP contribution in [0.4, 0.5) is 4.79 Å². The molecule has 2 amide bonds. The van der Waals surface area contributed by atoms with Gasteiger partial charge in [0, 0.05) is 11.4 Å². The number of rotatable bonds is 4. The van der Waals surface area contributed by atoms with E-state index in [2.05, 4.69) is 10.6 Å². The Hall–Kier alpha value is -1.81. The lowest BCUT2D eigenvalue weighted by Crippen LogP contribution is -2.34. The lowest BCUT2D eigenvalue weighted by Gasteiger charge is -2.08. The van der Waals surface area contributed by atoms with Crippen LogP contribution in [0, 0.1) is 6.92 Å². The van der Waals surface area contributed by atoms with Gasteiger partial charge in [0.15, 0.2) is 0 Å². The summed E-state index contributed by atoms with van der Waals surface area (Å²) in [5.74, 6) is 0. The van der Waals surface area contributed by atoms with Gasteiger partial charge < -0.3 is 10.6 Å². The molecular weight excluding hydrogens is 244 g/mol. The highest BCUT2D eigenvalue weighted by molar-refractivity contribution is 7.09. The van der Waals surface area contributed by atoms with Crippen LogP contribution in [-0.4, -0.2) is 6.03 Å². The van der Waals surface area contributed by atoms with Crippen LogP contribution in [0.3, 0.4) is 0 Å². The summed E-state index contributed by atoms with van der Waals surface area (Å²) < 4.78 is 0. The maximum Gasteiger partial charge on any atom is 0.315 e. The van der Waals surface area contributed by atoms with Gasteiger partial charge in [0.05, 0.1) is 6.54 Å². The minimum Gasteiger partial charge on any atom is -0.334 e. The Labute approximate surface area is 111 Å². The minimum atomic E-state index is -0.133. The molecule has 0 spiro atoms. The van der Waals surface area contributed by atoms with E-state index in [9.17, 15) is 4.79 Å². The molecule has 3 nitrogen and oxygen atoms in total. The Morgan fingerprint density at radius 1 is 1.11 bits per heavy atom. The molecule has 2 rings (SSSR count). The van der Waals surface area contributed by atoms with Crippen molar-refractivity contribution >= 4 is 17.4 Å². The molecule has 1 heterocycles. The summed E-state index contributed by atoms with van der Waals surface area (Å²) in [5, 5.41) is 7.69. The quantitative estimate of drug-likeness (QED) is 0.871. The van der Waals surface area contributed by atoms with Gasteiger partial charge in [0.2, 0.25) is 0 Å². The average Bonchev–Trinajstić information content (AvgIpc) is 2.88. The highest BCUT2D eigenvalue weighted by Gasteiger charge is 2.02. The van der Waals surface area contributed by atoms with Gasteiger partial charge in [-0.05, 0) is 29.5 Å². The van der Waals surface area contributed by atoms with Gasteiger partial charge in [0.25, 0.3) is 0 Å². The fourth-order valence-electron chi connectivity index (χ4n) is 1.63. The molecule has 0 bridgehead atoms. The maximum atomic E-state index is 11.6. The van der Waals surface area contributed by atoms with Gasteiger partial charge in [0.1, 0.15) is 0 Å². The van der Waals surface area contributed by atoms with E-state index in [1.165, 1.54) is 5.56 Å². The van der Waals surface area contributed by atoms with Crippen LogP contribution in [0.5, 0.6) is 0 Å². The van der Waals surface area contributed by atoms with Gasteiger partial charge in [-0.3, -0.25) is 0 Å². The van der Waals surface area contributed by atoms with Gasteiger partial charge in [-0.15, -0.1) is 11.3 Å². The van der Waals surface area contributed by atoms with E-state index in [0.29, 0.717) is 13.1 Å². The lowest BCUT2D eigenvalue weighted by molar-refractivity contribution is 0.240. The highest BCUT2D eigenvalue weighted by atomic mass is 32.1. The number of benzene rings is 1. The van der Waals surface area contributed by atoms with Gasteiger partial charge in [-0.1, -0.05) is 30.3 Å². The van der Waals surface area contributed by atoms with E-state index in [0.717, 1.165) is 10.4 Å². The summed E-state index contributed by atoms with van der Waals surface area (Å²) in [4.78, 5) is 12.8. The van der Waals surface area contributed by atoms with E-state index >= 15 is 0 Å². The molecule has 0 atom stereocenters. The zero-order valence-electron chi connectivity index (χ0n) is 10.3. The molecule has 0 aliphatic rings. The molecule has 2 aromatic rings. The first-order valence-corrected chi connectivity index (χ1v) is 6.72. The minimum absolute atomic E-state index is 0.133. The van der Waals surface area contributed by atoms with Crippen molar-refractivity contribution in [2.45, 2.75) is 20.0 Å². The average molecular weight is 260 g/mol. The Balaban J connectivity index is 1.77. The topological polar surface area (TPSA) is 41.1 Å². The summed E-state index contributed by atoms with van der Waals surface area (Å²) >= 11 is 1.64. The van der Waals surface area contributed by atoms with Crippen LogP contribution in [0.1, 0.15) is 16.0 Å². The third-order valence-corrected chi connectivity index (χ3v) is 3.58. The third-order valence-electron chi connectivity index (χ3n) is 2.70.